The first kappa shape index (κ1) is 23.1. The Balaban J connectivity index is 1.30. The summed E-state index contributed by atoms with van der Waals surface area (Å²) in [5.74, 6) is 0.0811. The summed E-state index contributed by atoms with van der Waals surface area (Å²) in [4.78, 5) is 15.1. The number of carbonyl (C=O) groups excluding carboxylic acids is 1. The van der Waals surface area contributed by atoms with Crippen molar-refractivity contribution in [3.63, 3.8) is 0 Å². The number of Topliss-reactive ketones (excluding diaryl/α,β-unsaturated/α-hetero) is 1. The molecule has 0 aromatic heterocycles. The predicted molar refractivity (Wildman–Crippen MR) is 130 cm³/mol. The van der Waals surface area contributed by atoms with Crippen LogP contribution in [0.15, 0.2) is 36.4 Å². The molecule has 2 aromatic rings. The summed E-state index contributed by atoms with van der Waals surface area (Å²) < 4.78 is 28.1. The molecule has 0 bridgehead atoms. The van der Waals surface area contributed by atoms with Crippen LogP contribution in [0.2, 0.25) is 5.02 Å². The van der Waals surface area contributed by atoms with Crippen LogP contribution in [-0.4, -0.2) is 52.8 Å². The van der Waals surface area contributed by atoms with Gasteiger partial charge in [0.15, 0.2) is 5.78 Å². The highest BCUT2D eigenvalue weighted by atomic mass is 35.5. The largest absolute Gasteiger partial charge is 0.326 e. The highest BCUT2D eigenvalue weighted by molar-refractivity contribution is 7.94. The third kappa shape index (κ3) is 4.51. The lowest BCUT2D eigenvalue weighted by Gasteiger charge is -2.24. The van der Waals surface area contributed by atoms with E-state index in [1.165, 1.54) is 8.61 Å². The zero-order chi connectivity index (χ0) is 22.9. The molecule has 172 valence electrons. The summed E-state index contributed by atoms with van der Waals surface area (Å²) >= 11 is 6.23. The van der Waals surface area contributed by atoms with Crippen LogP contribution in [0.4, 0.5) is 11.4 Å². The molecule has 2 heterocycles. The first-order valence-corrected chi connectivity index (χ1v) is 12.9. The van der Waals surface area contributed by atoms with Crippen molar-refractivity contribution in [3.05, 3.63) is 58.1 Å². The van der Waals surface area contributed by atoms with Gasteiger partial charge >= 0.3 is 10.2 Å². The molecule has 0 aliphatic carbocycles. The molecule has 8 heteroatoms. The van der Waals surface area contributed by atoms with E-state index in [1.54, 1.807) is 13.1 Å². The first-order valence-electron chi connectivity index (χ1n) is 11.2. The smallest absolute Gasteiger partial charge is 0.306 e. The molecule has 2 aliphatic heterocycles. The Morgan fingerprint density at radius 2 is 1.94 bits per heavy atom. The normalized spacial score (nSPS) is 16.5. The lowest BCUT2D eigenvalue weighted by Crippen LogP contribution is -2.37. The summed E-state index contributed by atoms with van der Waals surface area (Å²) in [5, 5.41) is 0.807. The van der Waals surface area contributed by atoms with E-state index in [2.05, 4.69) is 18.0 Å². The van der Waals surface area contributed by atoms with Crippen LogP contribution in [0.25, 0.3) is 0 Å². The molecular formula is C24H30ClN3O3S. The number of hydrogen-bond acceptors (Lipinski definition) is 4. The van der Waals surface area contributed by atoms with Gasteiger partial charge in [0.1, 0.15) is 0 Å². The van der Waals surface area contributed by atoms with Gasteiger partial charge in [-0.3, -0.25) is 13.4 Å². The third-order valence-corrected chi connectivity index (χ3v) is 8.61. The Labute approximate surface area is 195 Å². The Morgan fingerprint density at radius 1 is 1.16 bits per heavy atom. The zero-order valence-electron chi connectivity index (χ0n) is 18.7. The second kappa shape index (κ2) is 9.41. The van der Waals surface area contributed by atoms with Gasteiger partial charge in [0.05, 0.1) is 11.4 Å². The molecule has 0 N–H and O–H groups in total. The molecule has 0 spiro atoms. The van der Waals surface area contributed by atoms with Crippen molar-refractivity contribution in [1.29, 1.82) is 0 Å². The third-order valence-electron chi connectivity index (χ3n) is 6.43. The van der Waals surface area contributed by atoms with E-state index < -0.39 is 10.2 Å². The number of aryl methyl sites for hydroxylation is 1. The molecule has 0 atom stereocenters. The van der Waals surface area contributed by atoms with Gasteiger partial charge in [0.25, 0.3) is 0 Å². The van der Waals surface area contributed by atoms with Gasteiger partial charge in [-0.2, -0.15) is 8.42 Å². The molecule has 0 saturated carbocycles. The van der Waals surface area contributed by atoms with Gasteiger partial charge in [-0.15, -0.1) is 0 Å². The number of anilines is 2. The quantitative estimate of drug-likeness (QED) is 0.400. The number of unbranched alkanes of at least 4 members (excludes halogenated alkanes) is 1. The van der Waals surface area contributed by atoms with E-state index in [-0.39, 0.29) is 5.78 Å². The number of hydrogen-bond donors (Lipinski definition) is 0. The van der Waals surface area contributed by atoms with Crippen LogP contribution >= 0.6 is 11.6 Å². The average molecular weight is 476 g/mol. The zero-order valence-corrected chi connectivity index (χ0v) is 20.3. The Morgan fingerprint density at radius 3 is 2.72 bits per heavy atom. The van der Waals surface area contributed by atoms with Gasteiger partial charge in [-0.1, -0.05) is 29.8 Å². The lowest BCUT2D eigenvalue weighted by molar-refractivity contribution is 0.0978. The summed E-state index contributed by atoms with van der Waals surface area (Å²) in [6, 6.07) is 11.6. The summed E-state index contributed by atoms with van der Waals surface area (Å²) in [6.07, 6.45) is 4.70. The molecule has 0 saturated heterocycles. The van der Waals surface area contributed by atoms with Gasteiger partial charge in [-0.05, 0) is 75.0 Å². The van der Waals surface area contributed by atoms with Crippen molar-refractivity contribution < 1.29 is 13.2 Å². The molecular weight excluding hydrogens is 446 g/mol. The fraction of sp³-hybridized carbons (Fsp3) is 0.458. The van der Waals surface area contributed by atoms with Crippen LogP contribution in [-0.2, 0) is 23.1 Å². The van der Waals surface area contributed by atoms with Crippen LogP contribution in [0.5, 0.6) is 0 Å². The van der Waals surface area contributed by atoms with Crippen molar-refractivity contribution in [3.8, 4) is 0 Å². The first-order chi connectivity index (χ1) is 15.3. The van der Waals surface area contributed by atoms with Crippen LogP contribution in [0, 0.1) is 0 Å². The highest BCUT2D eigenvalue weighted by Gasteiger charge is 2.41. The molecule has 0 amide bonds. The van der Waals surface area contributed by atoms with Crippen molar-refractivity contribution in [2.45, 2.75) is 38.5 Å². The van der Waals surface area contributed by atoms with Crippen molar-refractivity contribution in [1.82, 2.24) is 4.90 Å². The van der Waals surface area contributed by atoms with E-state index in [4.69, 9.17) is 11.6 Å². The number of likely N-dealkylation sites (N-methyl/N-ethyl adjacent to an activating group) is 1. The van der Waals surface area contributed by atoms with Crippen molar-refractivity contribution in [2.75, 3.05) is 42.3 Å². The van der Waals surface area contributed by atoms with E-state index in [9.17, 15) is 13.2 Å². The number of ketones is 1. The number of benzene rings is 2. The maximum Gasteiger partial charge on any atom is 0.326 e. The molecule has 2 aromatic carbocycles. The fourth-order valence-electron chi connectivity index (χ4n) is 4.52. The van der Waals surface area contributed by atoms with Gasteiger partial charge in [0.2, 0.25) is 0 Å². The Kier molecular flexibility index (Phi) is 6.79. The van der Waals surface area contributed by atoms with Gasteiger partial charge in [0, 0.05) is 37.1 Å². The summed E-state index contributed by atoms with van der Waals surface area (Å²) in [7, 11) is 0.149. The van der Waals surface area contributed by atoms with E-state index in [0.717, 1.165) is 67.0 Å². The predicted octanol–water partition coefficient (Wildman–Crippen LogP) is 4.31. The minimum absolute atomic E-state index is 0.0811. The molecule has 0 unspecified atom stereocenters. The lowest BCUT2D eigenvalue weighted by atomic mass is 9.96. The maximum absolute atomic E-state index is 12.9. The molecule has 0 fully saturated rings. The number of carbonyl (C=O) groups is 1. The Bertz CT molecular complexity index is 1120. The fourth-order valence-corrected chi connectivity index (χ4v) is 6.24. The Hall–Kier alpha value is -2.09. The topological polar surface area (TPSA) is 60.9 Å². The number of rotatable bonds is 9. The standard InChI is InChI=1S/C24H30ClN3O3S/c1-26(15-12-18-8-3-4-10-21(18)25)13-6-5-11-23(29)20-16-19-9-7-14-28-24(19)22(17-20)27(2)32(28,30)31/h3-4,8,10,16-17H,5-7,9,11-15H2,1-2H3. The SMILES string of the molecule is CN(CCCCC(=O)c1cc2c3c(c1)N(C)S(=O)(=O)N3CCC2)CCc1ccccc1Cl. The van der Waals surface area contributed by atoms with E-state index in [0.29, 0.717) is 24.2 Å². The second-order valence-electron chi connectivity index (χ2n) is 8.68. The highest BCUT2D eigenvalue weighted by Crippen LogP contribution is 2.46. The number of nitrogens with zero attached hydrogens (tertiary/aromatic N) is 3. The summed E-state index contributed by atoms with van der Waals surface area (Å²) in [5.41, 5.74) is 4.13. The van der Waals surface area contributed by atoms with Crippen LogP contribution < -0.4 is 8.61 Å². The van der Waals surface area contributed by atoms with Crippen LogP contribution in [0.3, 0.4) is 0 Å². The van der Waals surface area contributed by atoms with Crippen molar-refractivity contribution >= 4 is 39.0 Å². The second-order valence-corrected chi connectivity index (χ2v) is 11.0. The molecule has 32 heavy (non-hydrogen) atoms. The number of halogens is 1. The van der Waals surface area contributed by atoms with E-state index >= 15 is 0 Å². The average Bonchev–Trinajstić information content (AvgIpc) is 2.98. The monoisotopic (exact) mass is 475 g/mol. The summed E-state index contributed by atoms with van der Waals surface area (Å²) in [6.45, 7) is 2.34. The maximum atomic E-state index is 12.9. The van der Waals surface area contributed by atoms with Gasteiger partial charge in [-0.25, -0.2) is 0 Å². The molecule has 6 nitrogen and oxygen atoms in total. The minimum atomic E-state index is -3.51. The molecule has 0 radical (unpaired) electrons. The van der Waals surface area contributed by atoms with E-state index in [1.807, 2.05) is 24.3 Å². The van der Waals surface area contributed by atoms with Crippen LogP contribution in [0.1, 0.15) is 47.2 Å². The molecule has 4 rings (SSSR count). The minimum Gasteiger partial charge on any atom is -0.306 e. The van der Waals surface area contributed by atoms with Gasteiger partial charge < -0.3 is 4.90 Å². The molecule has 2 aliphatic rings. The van der Waals surface area contributed by atoms with Crippen molar-refractivity contribution in [2.24, 2.45) is 0 Å².